The molecular weight excluding hydrogens is 471 g/mol. The molecule has 10 heteroatoms. The van der Waals surface area contributed by atoms with Crippen LogP contribution in [0.25, 0.3) is 21.9 Å². The lowest BCUT2D eigenvalue weighted by molar-refractivity contribution is -0.136. The number of nitrogens with zero attached hydrogens (tertiary/aromatic N) is 4. The van der Waals surface area contributed by atoms with Gasteiger partial charge >= 0.3 is 6.18 Å². The number of carbonyl (C=O) groups excluding carboxylic acids is 1. The number of alkyl halides is 3. The minimum absolute atomic E-state index is 0.0301. The highest BCUT2D eigenvalue weighted by Crippen LogP contribution is 2.39. The molecular formula is C26H26F3N5O2. The molecule has 1 atom stereocenters. The average molecular weight is 498 g/mol. The van der Waals surface area contributed by atoms with E-state index in [0.717, 1.165) is 22.5 Å². The zero-order valence-corrected chi connectivity index (χ0v) is 19.7. The summed E-state index contributed by atoms with van der Waals surface area (Å²) in [6.45, 7) is 2.29. The number of fused-ring (bicyclic) bond motifs is 2. The zero-order valence-electron chi connectivity index (χ0n) is 19.7. The number of carbonyl (C=O) groups is 1. The Hall–Kier alpha value is -3.50. The molecule has 3 heterocycles. The average Bonchev–Trinajstić information content (AvgIpc) is 3.20. The first kappa shape index (κ1) is 24.2. The minimum Gasteiger partial charge on any atom is -0.378 e. The van der Waals surface area contributed by atoms with E-state index in [1.54, 1.807) is 6.20 Å². The summed E-state index contributed by atoms with van der Waals surface area (Å²) >= 11 is 0. The van der Waals surface area contributed by atoms with Gasteiger partial charge in [-0.05, 0) is 48.7 Å². The van der Waals surface area contributed by atoms with Crippen molar-refractivity contribution in [3.05, 3.63) is 65.9 Å². The van der Waals surface area contributed by atoms with Crippen molar-refractivity contribution in [2.45, 2.75) is 44.6 Å². The number of anilines is 1. The molecule has 4 aromatic rings. The number of aliphatic hydroxyl groups is 1. The number of hydrogen-bond acceptors (Lipinski definition) is 5. The molecule has 1 saturated heterocycles. The third kappa shape index (κ3) is 4.78. The zero-order chi connectivity index (χ0) is 25.4. The highest BCUT2D eigenvalue weighted by molar-refractivity contribution is 5.91. The number of piperidine rings is 1. The number of rotatable bonds is 5. The molecule has 0 aliphatic carbocycles. The van der Waals surface area contributed by atoms with Crippen LogP contribution in [0.1, 0.15) is 36.9 Å². The number of benzene rings is 2. The van der Waals surface area contributed by atoms with Crippen LogP contribution in [0.15, 0.2) is 54.7 Å². The van der Waals surface area contributed by atoms with Crippen molar-refractivity contribution < 1.29 is 23.1 Å². The monoisotopic (exact) mass is 497 g/mol. The summed E-state index contributed by atoms with van der Waals surface area (Å²) in [4.78, 5) is 22.3. The van der Waals surface area contributed by atoms with Crippen molar-refractivity contribution in [2.24, 2.45) is 0 Å². The number of hydrogen-bond donors (Lipinski definition) is 2. The van der Waals surface area contributed by atoms with E-state index in [-0.39, 0.29) is 23.0 Å². The van der Waals surface area contributed by atoms with Crippen molar-refractivity contribution in [2.75, 3.05) is 18.4 Å². The van der Waals surface area contributed by atoms with E-state index in [1.807, 2.05) is 35.2 Å². The molecule has 1 amide bonds. The molecule has 188 valence electrons. The number of aliphatic hydroxyl groups excluding tert-OH is 1. The topological polar surface area (TPSA) is 83.3 Å². The Morgan fingerprint density at radius 1 is 1.14 bits per heavy atom. The number of nitrogens with one attached hydrogen (secondary N) is 1. The second-order valence-corrected chi connectivity index (χ2v) is 9.14. The Labute approximate surface area is 205 Å². The van der Waals surface area contributed by atoms with Gasteiger partial charge in [-0.1, -0.05) is 18.2 Å². The fourth-order valence-corrected chi connectivity index (χ4v) is 5.01. The Balaban J connectivity index is 1.36. The maximum absolute atomic E-state index is 13.8. The molecule has 2 aromatic heterocycles. The lowest BCUT2D eigenvalue weighted by Gasteiger charge is -2.36. The molecule has 1 unspecified atom stereocenters. The van der Waals surface area contributed by atoms with E-state index in [0.29, 0.717) is 32.4 Å². The number of aromatic nitrogens is 3. The van der Waals surface area contributed by atoms with Crippen LogP contribution in [0.3, 0.4) is 0 Å². The van der Waals surface area contributed by atoms with E-state index in [4.69, 9.17) is 0 Å². The van der Waals surface area contributed by atoms with Gasteiger partial charge in [0, 0.05) is 44.1 Å². The third-order valence-electron chi connectivity index (χ3n) is 6.67. The van der Waals surface area contributed by atoms with Gasteiger partial charge in [-0.25, -0.2) is 4.98 Å². The number of amides is 1. The van der Waals surface area contributed by atoms with Crippen molar-refractivity contribution in [1.82, 2.24) is 19.4 Å². The molecule has 0 radical (unpaired) electrons. The van der Waals surface area contributed by atoms with Gasteiger partial charge in [0.25, 0.3) is 0 Å². The molecule has 1 aliphatic rings. The molecule has 2 N–H and O–H groups in total. The van der Waals surface area contributed by atoms with E-state index in [2.05, 4.69) is 15.3 Å². The van der Waals surface area contributed by atoms with Crippen LogP contribution in [-0.4, -0.2) is 49.8 Å². The van der Waals surface area contributed by atoms with E-state index >= 15 is 0 Å². The number of halogens is 3. The Morgan fingerprint density at radius 3 is 2.64 bits per heavy atom. The van der Waals surface area contributed by atoms with E-state index < -0.39 is 23.9 Å². The molecule has 0 bridgehead atoms. The van der Waals surface area contributed by atoms with Crippen LogP contribution < -0.4 is 5.32 Å². The maximum atomic E-state index is 13.8. The second-order valence-electron chi connectivity index (χ2n) is 9.14. The molecule has 1 fully saturated rings. The fraction of sp³-hybridized carbons (Fsp3) is 0.346. The minimum atomic E-state index is -4.56. The van der Waals surface area contributed by atoms with Gasteiger partial charge in [0.05, 0.1) is 22.1 Å². The van der Waals surface area contributed by atoms with Gasteiger partial charge in [-0.15, -0.1) is 0 Å². The molecule has 7 nitrogen and oxygen atoms in total. The largest absolute Gasteiger partial charge is 0.418 e. The smallest absolute Gasteiger partial charge is 0.378 e. The lowest BCUT2D eigenvalue weighted by atomic mass is 10.0. The standard InChI is InChI=1S/C26H26F3N5O2/c1-16(35)31-25-32-22-6-2-5-20(26(27,28)29)24(22)34(25)19-9-12-33(13-10-19)23(36)15-17-7-8-21-18(14-17)4-3-11-30-21/h2-8,11,14,19,23,36H,9-10,12-13,15H2,1H3,(H,31,32,35). The molecule has 36 heavy (non-hydrogen) atoms. The van der Waals surface area contributed by atoms with Gasteiger partial charge in [-0.3, -0.25) is 20.0 Å². The third-order valence-corrected chi connectivity index (χ3v) is 6.67. The predicted octanol–water partition coefficient (Wildman–Crippen LogP) is 4.76. The van der Waals surface area contributed by atoms with Crippen molar-refractivity contribution in [3.63, 3.8) is 0 Å². The van der Waals surface area contributed by atoms with Crippen LogP contribution in [0, 0.1) is 0 Å². The summed E-state index contributed by atoms with van der Waals surface area (Å²) in [5.74, 6) is -0.295. The molecule has 2 aromatic carbocycles. The molecule has 5 rings (SSSR count). The Bertz CT molecular complexity index is 1410. The highest BCUT2D eigenvalue weighted by atomic mass is 19.4. The quantitative estimate of drug-likeness (QED) is 0.416. The summed E-state index contributed by atoms with van der Waals surface area (Å²) in [6, 6.07) is 13.3. The first-order valence-electron chi connectivity index (χ1n) is 11.8. The Morgan fingerprint density at radius 2 is 1.92 bits per heavy atom. The van der Waals surface area contributed by atoms with Gasteiger partial charge in [-0.2, -0.15) is 13.2 Å². The fourth-order valence-electron chi connectivity index (χ4n) is 5.01. The molecule has 1 aliphatic heterocycles. The number of imidazole rings is 1. The number of likely N-dealkylation sites (tertiary alicyclic amines) is 1. The van der Waals surface area contributed by atoms with Crippen LogP contribution in [0.5, 0.6) is 0 Å². The normalized spacial score (nSPS) is 16.5. The van der Waals surface area contributed by atoms with Crippen LogP contribution in [0.2, 0.25) is 0 Å². The first-order valence-corrected chi connectivity index (χ1v) is 11.8. The van der Waals surface area contributed by atoms with Gasteiger partial charge in [0.1, 0.15) is 6.23 Å². The van der Waals surface area contributed by atoms with Crippen LogP contribution in [0.4, 0.5) is 19.1 Å². The summed E-state index contributed by atoms with van der Waals surface area (Å²) in [5.41, 5.74) is 1.24. The van der Waals surface area contributed by atoms with Crippen LogP contribution in [-0.2, 0) is 17.4 Å². The molecule has 0 spiro atoms. The second kappa shape index (κ2) is 9.51. The van der Waals surface area contributed by atoms with Crippen LogP contribution >= 0.6 is 0 Å². The number of para-hydroxylation sites is 1. The summed E-state index contributed by atoms with van der Waals surface area (Å²) in [7, 11) is 0. The van der Waals surface area contributed by atoms with Gasteiger partial charge in [0.2, 0.25) is 11.9 Å². The Kier molecular flexibility index (Phi) is 6.40. The summed E-state index contributed by atoms with van der Waals surface area (Å²) in [6.07, 6.45) is -2.11. The molecule has 0 saturated carbocycles. The SMILES string of the molecule is CC(=O)Nc1nc2cccc(C(F)(F)F)c2n1C1CCN(C(O)Cc2ccc3ncccc3c2)CC1. The van der Waals surface area contributed by atoms with E-state index in [9.17, 15) is 23.1 Å². The maximum Gasteiger partial charge on any atom is 0.418 e. The van der Waals surface area contributed by atoms with Crippen molar-refractivity contribution in [1.29, 1.82) is 0 Å². The van der Waals surface area contributed by atoms with Crippen molar-refractivity contribution >= 4 is 33.8 Å². The number of pyridine rings is 1. The van der Waals surface area contributed by atoms with Crippen molar-refractivity contribution in [3.8, 4) is 0 Å². The van der Waals surface area contributed by atoms with Gasteiger partial charge in [0.15, 0.2) is 0 Å². The first-order chi connectivity index (χ1) is 17.2. The van der Waals surface area contributed by atoms with Gasteiger partial charge < -0.3 is 9.67 Å². The summed E-state index contributed by atoms with van der Waals surface area (Å²) < 4.78 is 43.0. The highest BCUT2D eigenvalue weighted by Gasteiger charge is 2.36. The summed E-state index contributed by atoms with van der Waals surface area (Å²) in [5, 5.41) is 14.5. The predicted molar refractivity (Wildman–Crippen MR) is 130 cm³/mol. The lowest BCUT2D eigenvalue weighted by Crippen LogP contribution is -2.43. The van der Waals surface area contributed by atoms with E-state index in [1.165, 1.54) is 23.6 Å².